The van der Waals surface area contributed by atoms with Gasteiger partial charge in [0.15, 0.2) is 0 Å². The third-order valence-electron chi connectivity index (χ3n) is 9.79. The molecule has 1 atom stereocenters. The minimum atomic E-state index is 0.00892. The van der Waals surface area contributed by atoms with Crippen molar-refractivity contribution in [2.24, 2.45) is 17.4 Å². The van der Waals surface area contributed by atoms with Gasteiger partial charge in [0.05, 0.1) is 0 Å². The number of piperidine rings is 1. The molecule has 1 amide bonds. The molecule has 3 aliphatic rings. The third kappa shape index (κ3) is 7.04. The Hall–Kier alpha value is -2.38. The molecule has 5 rings (SSSR count). The predicted octanol–water partition coefficient (Wildman–Crippen LogP) is 5.58. The van der Waals surface area contributed by atoms with Crippen molar-refractivity contribution < 1.29 is 4.79 Å². The highest BCUT2D eigenvalue weighted by molar-refractivity contribution is 6.02. The quantitative estimate of drug-likeness (QED) is 0.254. The van der Waals surface area contributed by atoms with Gasteiger partial charge in [-0.3, -0.25) is 10.2 Å². The number of amidine groups is 1. The van der Waals surface area contributed by atoms with Gasteiger partial charge in [-0.25, -0.2) is 0 Å². The average molecular weight is 535 g/mol. The zero-order valence-corrected chi connectivity index (χ0v) is 23.8. The van der Waals surface area contributed by atoms with Gasteiger partial charge in [-0.05, 0) is 76.0 Å². The number of benzene rings is 1. The van der Waals surface area contributed by atoms with Crippen LogP contribution in [-0.2, 0) is 6.54 Å². The van der Waals surface area contributed by atoms with Gasteiger partial charge in [-0.15, -0.1) is 0 Å². The lowest BCUT2D eigenvalue weighted by atomic mass is 9.75. The summed E-state index contributed by atoms with van der Waals surface area (Å²) in [6, 6.07) is 8.37. The molecule has 7 N–H and O–H groups in total. The molecular weight excluding hydrogens is 484 g/mol. The number of nitrogens with one attached hydrogen (secondary N) is 3. The van der Waals surface area contributed by atoms with Crippen molar-refractivity contribution in [2.75, 3.05) is 6.54 Å². The van der Waals surface area contributed by atoms with Crippen LogP contribution in [0.5, 0.6) is 0 Å². The Morgan fingerprint density at radius 1 is 0.974 bits per heavy atom. The number of hydrogen-bond acceptors (Lipinski definition) is 4. The Bertz CT molecular complexity index is 1120. The molecule has 3 fully saturated rings. The van der Waals surface area contributed by atoms with Crippen LogP contribution in [0.25, 0.3) is 10.9 Å². The van der Waals surface area contributed by atoms with Crippen molar-refractivity contribution in [1.29, 1.82) is 5.41 Å². The van der Waals surface area contributed by atoms with Gasteiger partial charge in [0.25, 0.3) is 5.91 Å². The van der Waals surface area contributed by atoms with E-state index in [1.54, 1.807) is 0 Å². The number of nitrogens with zero attached hydrogens (tertiary/aromatic N) is 1. The van der Waals surface area contributed by atoms with Crippen LogP contribution in [-0.4, -0.2) is 40.5 Å². The second-order valence-electron chi connectivity index (χ2n) is 12.8. The molecule has 2 saturated carbocycles. The fraction of sp³-hybridized carbons (Fsp3) is 0.688. The summed E-state index contributed by atoms with van der Waals surface area (Å²) in [6.45, 7) is 1.87. The number of carbonyl (C=O) groups is 1. The highest BCUT2D eigenvalue weighted by atomic mass is 16.2. The molecule has 1 saturated heterocycles. The Morgan fingerprint density at radius 2 is 1.64 bits per heavy atom. The first kappa shape index (κ1) is 28.2. The first-order chi connectivity index (χ1) is 18.9. The molecule has 7 nitrogen and oxygen atoms in total. The predicted molar refractivity (Wildman–Crippen MR) is 160 cm³/mol. The molecule has 7 heteroatoms. The average Bonchev–Trinajstić information content (AvgIpc) is 3.26. The van der Waals surface area contributed by atoms with Crippen LogP contribution in [0.2, 0.25) is 0 Å². The Morgan fingerprint density at radius 3 is 2.31 bits per heavy atom. The van der Waals surface area contributed by atoms with Gasteiger partial charge in [0.1, 0.15) is 11.5 Å². The second-order valence-corrected chi connectivity index (χ2v) is 12.8. The molecule has 0 bridgehead atoms. The van der Waals surface area contributed by atoms with Crippen LogP contribution in [0, 0.1) is 11.3 Å². The minimum absolute atomic E-state index is 0.00892. The van der Waals surface area contributed by atoms with Crippen molar-refractivity contribution in [3.05, 3.63) is 35.5 Å². The number of nitrogens with two attached hydrogens (primary N) is 2. The van der Waals surface area contributed by atoms with Crippen molar-refractivity contribution in [3.63, 3.8) is 0 Å². The van der Waals surface area contributed by atoms with Crippen LogP contribution < -0.4 is 22.1 Å². The standard InChI is InChI=1S/C32H50N6O/c33-26-11-13-27(14-12-26)37-31(39)29-19-24-9-10-25(30(34)35)20-28(24)38(29)22-23-15-18-36-32(21-23)16-7-5-3-1-2-4-6-8-17-32/h9-10,19-20,23,26-27,36H,1-8,11-18,21-22,33H2,(H3,34,35)(H,37,39)/t23?,26-,27-. The summed E-state index contributed by atoms with van der Waals surface area (Å²) in [5.74, 6) is 0.578. The molecule has 0 radical (unpaired) electrons. The van der Waals surface area contributed by atoms with E-state index in [1.807, 2.05) is 24.3 Å². The monoisotopic (exact) mass is 534 g/mol. The lowest BCUT2D eigenvalue weighted by Crippen LogP contribution is -2.51. The fourth-order valence-corrected chi connectivity index (χ4v) is 7.51. The van der Waals surface area contributed by atoms with Gasteiger partial charge in [-0.2, -0.15) is 0 Å². The van der Waals surface area contributed by atoms with E-state index in [4.69, 9.17) is 16.9 Å². The van der Waals surface area contributed by atoms with Crippen molar-refractivity contribution in [1.82, 2.24) is 15.2 Å². The smallest absolute Gasteiger partial charge is 0.268 e. The fourth-order valence-electron chi connectivity index (χ4n) is 7.51. The second kappa shape index (κ2) is 12.9. The van der Waals surface area contributed by atoms with E-state index in [0.717, 1.165) is 61.8 Å². The van der Waals surface area contributed by atoms with E-state index in [2.05, 4.69) is 15.2 Å². The van der Waals surface area contributed by atoms with Crippen molar-refractivity contribution >= 4 is 22.6 Å². The first-order valence-electron chi connectivity index (χ1n) is 15.7. The van der Waals surface area contributed by atoms with Crippen LogP contribution in [0.15, 0.2) is 24.3 Å². The van der Waals surface area contributed by atoms with E-state index in [0.29, 0.717) is 11.5 Å². The molecule has 1 aromatic carbocycles. The number of nitrogen functional groups attached to an aromatic ring is 1. The molecule has 2 aromatic rings. The molecule has 2 heterocycles. The zero-order chi connectivity index (χ0) is 27.2. The van der Waals surface area contributed by atoms with E-state index in [-0.39, 0.29) is 29.4 Å². The van der Waals surface area contributed by atoms with E-state index in [9.17, 15) is 4.79 Å². The third-order valence-corrected chi connectivity index (χ3v) is 9.79. The highest BCUT2D eigenvalue weighted by Gasteiger charge is 2.36. The van der Waals surface area contributed by atoms with Gasteiger partial charge in [0.2, 0.25) is 0 Å². The number of carbonyl (C=O) groups excluding carboxylic acids is 1. The number of aromatic nitrogens is 1. The summed E-state index contributed by atoms with van der Waals surface area (Å²) in [7, 11) is 0. The summed E-state index contributed by atoms with van der Waals surface area (Å²) in [4.78, 5) is 13.7. The molecule has 214 valence electrons. The van der Waals surface area contributed by atoms with E-state index < -0.39 is 0 Å². The zero-order valence-electron chi connectivity index (χ0n) is 23.8. The lowest BCUT2D eigenvalue weighted by Gasteiger charge is -2.43. The van der Waals surface area contributed by atoms with Crippen LogP contribution in [0.1, 0.15) is 119 Å². The molecule has 39 heavy (non-hydrogen) atoms. The number of rotatable bonds is 5. The van der Waals surface area contributed by atoms with Crippen molar-refractivity contribution in [2.45, 2.75) is 127 Å². The maximum Gasteiger partial charge on any atom is 0.268 e. The summed E-state index contributed by atoms with van der Waals surface area (Å²) in [6.07, 6.45) is 19.5. The maximum atomic E-state index is 13.7. The highest BCUT2D eigenvalue weighted by Crippen LogP contribution is 2.36. The molecule has 1 spiro atoms. The molecular formula is C32H50N6O. The van der Waals surface area contributed by atoms with Gasteiger partial charge in [-0.1, -0.05) is 63.5 Å². The topological polar surface area (TPSA) is 122 Å². The normalized spacial score (nSPS) is 26.6. The molecule has 1 aliphatic heterocycles. The first-order valence-corrected chi connectivity index (χ1v) is 15.7. The summed E-state index contributed by atoms with van der Waals surface area (Å²) < 4.78 is 2.24. The Kier molecular flexibility index (Phi) is 9.28. The molecule has 1 aromatic heterocycles. The van der Waals surface area contributed by atoms with Crippen LogP contribution >= 0.6 is 0 Å². The summed E-state index contributed by atoms with van der Waals surface area (Å²) in [5.41, 5.74) is 14.7. The minimum Gasteiger partial charge on any atom is -0.384 e. The van der Waals surface area contributed by atoms with Crippen molar-refractivity contribution in [3.8, 4) is 0 Å². The van der Waals surface area contributed by atoms with Gasteiger partial charge < -0.3 is 26.7 Å². The molecule has 2 aliphatic carbocycles. The maximum absolute atomic E-state index is 13.7. The molecule has 1 unspecified atom stereocenters. The summed E-state index contributed by atoms with van der Waals surface area (Å²) >= 11 is 0. The summed E-state index contributed by atoms with van der Waals surface area (Å²) in [5, 5.41) is 16.4. The number of hydrogen-bond donors (Lipinski definition) is 5. The van der Waals surface area contributed by atoms with Crippen LogP contribution in [0.4, 0.5) is 0 Å². The van der Waals surface area contributed by atoms with E-state index >= 15 is 0 Å². The number of amides is 1. The Labute approximate surface area is 234 Å². The SMILES string of the molecule is N=C(N)c1ccc2cc(C(=O)N[C@H]3CC[C@H](N)CC3)n(CC3CCNC4(CCCCCCCCCC4)C3)c2c1. The lowest BCUT2D eigenvalue weighted by molar-refractivity contribution is 0.0913. The van der Waals surface area contributed by atoms with Gasteiger partial charge >= 0.3 is 0 Å². The van der Waals surface area contributed by atoms with Gasteiger partial charge in [0, 0.05) is 40.6 Å². The number of fused-ring (bicyclic) bond motifs is 1. The van der Waals surface area contributed by atoms with E-state index in [1.165, 1.54) is 70.6 Å². The Balaban J connectivity index is 1.39. The van der Waals surface area contributed by atoms with Crippen LogP contribution in [0.3, 0.4) is 0 Å². The largest absolute Gasteiger partial charge is 0.384 e.